The highest BCUT2D eigenvalue weighted by Gasteiger charge is 2.46. The smallest absolute Gasteiger partial charge is 0.333 e. The number of nitrogens with zero attached hydrogens (tertiary/aromatic N) is 3. The average molecular weight is 1000 g/mol. The summed E-state index contributed by atoms with van der Waals surface area (Å²) in [5.41, 5.74) is 19.6. The molecule has 0 saturated carbocycles. The third kappa shape index (κ3) is 6.13. The van der Waals surface area contributed by atoms with Gasteiger partial charge in [-0.3, -0.25) is 0 Å². The standard InChI is InChI=1S/C66H44BN3OS3/c1-66(2,3)40-31-32-52(46(33-40)39-19-7-4-8-20-39)69-53-38-59-58(72-56-29-17-18-30-57(56)73-59)37-51(53)67-60-47(36-49-44-25-13-15-27-54(44)71-64(49)63(60)69)48-34-43(68(41-21-9-5-10-22-41)42-23-11-6-12-24-42)35-50-61(48)70(67)62-45-26-14-16-28-55(45)74-65(50)62/h4-38H,1-3H3. The molecular weight excluding hydrogens is 958 g/mol. The fourth-order valence-corrected chi connectivity index (χ4v) is 15.7. The molecule has 0 fully saturated rings. The van der Waals surface area contributed by atoms with Crippen LogP contribution in [0.1, 0.15) is 26.3 Å². The van der Waals surface area contributed by atoms with Crippen LogP contribution in [0.3, 0.4) is 0 Å². The van der Waals surface area contributed by atoms with E-state index in [1.165, 1.54) is 95.2 Å². The largest absolute Gasteiger partial charge is 0.454 e. The van der Waals surface area contributed by atoms with Gasteiger partial charge in [-0.1, -0.05) is 166 Å². The number of para-hydroxylation sites is 3. The topological polar surface area (TPSA) is 24.6 Å². The molecular formula is C66H44BN3OS3. The van der Waals surface area contributed by atoms with Crippen molar-refractivity contribution in [1.29, 1.82) is 0 Å². The predicted octanol–water partition coefficient (Wildman–Crippen LogP) is 18.4. The zero-order valence-electron chi connectivity index (χ0n) is 40.8. The Kier molecular flexibility index (Phi) is 9.11. The van der Waals surface area contributed by atoms with Gasteiger partial charge in [-0.15, -0.1) is 11.3 Å². The molecule has 74 heavy (non-hydrogen) atoms. The SMILES string of the molecule is CC(C)(C)c1ccc(N2c3cc4c(cc3B3c5c(cc6c(oc7ccccc76)c52)-c2cc(N(c5ccccc5)c5ccccc5)cc5c6sc7ccccc7c6n3c25)Sc2ccccc2S4)c(-c2ccccc2)c1. The van der Waals surface area contributed by atoms with E-state index in [4.69, 9.17) is 4.42 Å². The fraction of sp³-hybridized carbons (Fsp3) is 0.0606. The van der Waals surface area contributed by atoms with Gasteiger partial charge in [0, 0.05) is 85.2 Å². The van der Waals surface area contributed by atoms with Gasteiger partial charge in [-0.2, -0.15) is 0 Å². The quantitative estimate of drug-likeness (QED) is 0.160. The summed E-state index contributed by atoms with van der Waals surface area (Å²) in [6.07, 6.45) is 0. The number of benzene rings is 10. The lowest BCUT2D eigenvalue weighted by Crippen LogP contribution is -2.56. The van der Waals surface area contributed by atoms with Crippen LogP contribution in [0.15, 0.2) is 236 Å². The van der Waals surface area contributed by atoms with Gasteiger partial charge in [-0.25, -0.2) is 0 Å². The lowest BCUT2D eigenvalue weighted by atomic mass is 9.45. The summed E-state index contributed by atoms with van der Waals surface area (Å²) in [5.74, 6) is 0. The highest BCUT2D eigenvalue weighted by molar-refractivity contribution is 8.05. The third-order valence-corrected chi connectivity index (χ3v) is 19.2. The number of thiophene rings is 1. The van der Waals surface area contributed by atoms with Crippen molar-refractivity contribution in [2.45, 2.75) is 45.8 Å². The van der Waals surface area contributed by atoms with Crippen molar-refractivity contribution in [1.82, 2.24) is 4.48 Å². The number of fused-ring (bicyclic) bond motifs is 15. The van der Waals surface area contributed by atoms with Crippen LogP contribution in [0.2, 0.25) is 0 Å². The van der Waals surface area contributed by atoms with Gasteiger partial charge >= 0.3 is 6.85 Å². The zero-order valence-corrected chi connectivity index (χ0v) is 43.2. The molecule has 350 valence electrons. The molecule has 10 aromatic carbocycles. The van der Waals surface area contributed by atoms with Crippen LogP contribution in [0.5, 0.6) is 0 Å². The summed E-state index contributed by atoms with van der Waals surface area (Å²) in [7, 11) is 0. The number of furan rings is 1. The first-order valence-electron chi connectivity index (χ1n) is 25.3. The number of rotatable bonds is 5. The Morgan fingerprint density at radius 1 is 0.486 bits per heavy atom. The summed E-state index contributed by atoms with van der Waals surface area (Å²) in [6.45, 7) is 6.76. The van der Waals surface area contributed by atoms with Crippen molar-refractivity contribution in [3.63, 3.8) is 0 Å². The summed E-state index contributed by atoms with van der Waals surface area (Å²) < 4.78 is 12.7. The first-order valence-corrected chi connectivity index (χ1v) is 27.8. The summed E-state index contributed by atoms with van der Waals surface area (Å²) in [4.78, 5) is 10.2. The average Bonchev–Trinajstić information content (AvgIpc) is 4.26. The van der Waals surface area contributed by atoms with Crippen LogP contribution in [0, 0.1) is 0 Å². The van der Waals surface area contributed by atoms with E-state index in [1.54, 1.807) is 0 Å². The number of hydrogen-bond acceptors (Lipinski definition) is 6. The highest BCUT2D eigenvalue weighted by Crippen LogP contribution is 2.56. The molecule has 4 nitrogen and oxygen atoms in total. The minimum absolute atomic E-state index is 0.0749. The molecule has 0 bridgehead atoms. The predicted molar refractivity (Wildman–Crippen MR) is 316 cm³/mol. The summed E-state index contributed by atoms with van der Waals surface area (Å²) in [6, 6.07) is 78.9. The number of anilines is 6. The Morgan fingerprint density at radius 2 is 1.14 bits per heavy atom. The monoisotopic (exact) mass is 1000 g/mol. The van der Waals surface area contributed by atoms with Crippen molar-refractivity contribution >= 4 is 140 Å². The molecule has 3 aliphatic heterocycles. The van der Waals surface area contributed by atoms with Crippen molar-refractivity contribution in [2.24, 2.45) is 0 Å². The summed E-state index contributed by atoms with van der Waals surface area (Å²) in [5, 5.41) is 4.76. The van der Waals surface area contributed by atoms with Gasteiger partial charge in [0.1, 0.15) is 5.58 Å². The van der Waals surface area contributed by atoms with Crippen molar-refractivity contribution in [3.8, 4) is 22.3 Å². The van der Waals surface area contributed by atoms with E-state index in [0.29, 0.717) is 0 Å². The van der Waals surface area contributed by atoms with Crippen LogP contribution in [-0.4, -0.2) is 11.3 Å². The Bertz CT molecular complexity index is 4460. The van der Waals surface area contributed by atoms with Gasteiger partial charge < -0.3 is 18.7 Å². The molecule has 0 amide bonds. The maximum absolute atomic E-state index is 7.37. The fourth-order valence-electron chi connectivity index (χ4n) is 12.2. The van der Waals surface area contributed by atoms with Gasteiger partial charge in [-0.05, 0) is 124 Å². The zero-order chi connectivity index (χ0) is 49.0. The Morgan fingerprint density at radius 3 is 1.86 bits per heavy atom. The van der Waals surface area contributed by atoms with Crippen LogP contribution in [-0.2, 0) is 5.41 Å². The van der Waals surface area contributed by atoms with Crippen molar-refractivity contribution < 1.29 is 4.42 Å². The van der Waals surface area contributed by atoms with Crippen LogP contribution < -0.4 is 20.7 Å². The molecule has 8 heteroatoms. The minimum Gasteiger partial charge on any atom is -0.454 e. The Balaban J connectivity index is 1.10. The Labute approximate surface area is 441 Å². The molecule has 0 radical (unpaired) electrons. The van der Waals surface area contributed by atoms with Crippen LogP contribution >= 0.6 is 34.9 Å². The van der Waals surface area contributed by atoms with Crippen LogP contribution in [0.4, 0.5) is 34.1 Å². The van der Waals surface area contributed by atoms with E-state index >= 15 is 0 Å². The molecule has 0 saturated heterocycles. The third-order valence-electron chi connectivity index (χ3n) is 15.5. The second-order valence-corrected chi connectivity index (χ2v) is 24.0. The molecule has 0 unspecified atom stereocenters. The Hall–Kier alpha value is -7.88. The van der Waals surface area contributed by atoms with Crippen molar-refractivity contribution in [3.05, 3.63) is 218 Å². The highest BCUT2D eigenvalue weighted by atomic mass is 32.2. The number of aromatic nitrogens is 1. The van der Waals surface area contributed by atoms with Gasteiger partial charge in [0.15, 0.2) is 5.58 Å². The second-order valence-electron chi connectivity index (χ2n) is 20.8. The molecule has 3 aromatic heterocycles. The van der Waals surface area contributed by atoms with E-state index in [-0.39, 0.29) is 12.3 Å². The first-order chi connectivity index (χ1) is 36.3. The minimum atomic E-state index is -0.193. The molecule has 13 aromatic rings. The normalized spacial score (nSPS) is 13.4. The van der Waals surface area contributed by atoms with Gasteiger partial charge in [0.2, 0.25) is 0 Å². The maximum Gasteiger partial charge on any atom is 0.333 e. The molecule has 0 spiro atoms. The lowest BCUT2D eigenvalue weighted by Gasteiger charge is -2.42. The van der Waals surface area contributed by atoms with E-state index in [9.17, 15) is 0 Å². The maximum atomic E-state index is 7.37. The van der Waals surface area contributed by atoms with Crippen molar-refractivity contribution in [2.75, 3.05) is 9.80 Å². The molecule has 6 heterocycles. The molecule has 0 atom stereocenters. The molecule has 0 aliphatic carbocycles. The summed E-state index contributed by atoms with van der Waals surface area (Å²) >= 11 is 5.70. The van der Waals surface area contributed by atoms with E-state index < -0.39 is 0 Å². The number of hydrogen-bond donors (Lipinski definition) is 0. The first kappa shape index (κ1) is 42.6. The molecule has 0 N–H and O–H groups in total. The van der Waals surface area contributed by atoms with Gasteiger partial charge in [0.05, 0.1) is 21.6 Å². The second kappa shape index (κ2) is 15.8. The lowest BCUT2D eigenvalue weighted by molar-refractivity contribution is 0.590. The van der Waals surface area contributed by atoms with E-state index in [2.05, 4.69) is 247 Å². The van der Waals surface area contributed by atoms with E-state index in [1.807, 2.05) is 34.9 Å². The van der Waals surface area contributed by atoms with Gasteiger partial charge in [0.25, 0.3) is 0 Å². The van der Waals surface area contributed by atoms with Crippen LogP contribution in [0.25, 0.3) is 75.4 Å². The molecule has 16 rings (SSSR count). The van der Waals surface area contributed by atoms with E-state index in [0.717, 1.165) is 50.4 Å². The molecule has 3 aliphatic rings.